The maximum Gasteiger partial charge on any atom is 0.255 e. The third kappa shape index (κ3) is 5.18. The number of para-hydroxylation sites is 1. The van der Waals surface area contributed by atoms with Gasteiger partial charge in [0.1, 0.15) is 28.4 Å². The Morgan fingerprint density at radius 2 is 1.74 bits per heavy atom. The number of nitrogens with zero attached hydrogens (tertiary/aromatic N) is 2. The van der Waals surface area contributed by atoms with Crippen molar-refractivity contribution in [2.45, 2.75) is 12.6 Å². The Morgan fingerprint density at radius 1 is 1.00 bits per heavy atom. The summed E-state index contributed by atoms with van der Waals surface area (Å²) in [6.45, 7) is 1.15. The first-order valence-corrected chi connectivity index (χ1v) is 16.5. The van der Waals surface area contributed by atoms with Gasteiger partial charge in [-0.2, -0.15) is 0 Å². The van der Waals surface area contributed by atoms with Crippen LogP contribution in [0.1, 0.15) is 17.3 Å². The van der Waals surface area contributed by atoms with Crippen molar-refractivity contribution in [2.75, 3.05) is 31.3 Å². The number of furan rings is 1. The molecule has 12 heteroatoms. The van der Waals surface area contributed by atoms with E-state index in [9.17, 15) is 17.8 Å². The van der Waals surface area contributed by atoms with E-state index in [2.05, 4.69) is 10.3 Å². The Hall–Kier alpha value is -5.23. The molecule has 2 aromatic heterocycles. The molecule has 1 amide bonds. The number of hydrogen-bond acceptors (Lipinski definition) is 6. The topological polar surface area (TPSA) is 97.8 Å². The van der Waals surface area contributed by atoms with Crippen molar-refractivity contribution in [3.8, 4) is 39.7 Å². The first kappa shape index (κ1) is 30.4. The summed E-state index contributed by atoms with van der Waals surface area (Å²) in [6, 6.07) is 18.4. The number of amides is 1. The Morgan fingerprint density at radius 3 is 2.40 bits per heavy atom. The van der Waals surface area contributed by atoms with Crippen LogP contribution in [0.4, 0.5) is 18.9 Å². The summed E-state index contributed by atoms with van der Waals surface area (Å²) in [7, 11) is -0.0397. The summed E-state index contributed by atoms with van der Waals surface area (Å²) in [5.74, 6) is -0.755. The molecule has 1 aliphatic heterocycles. The smallest absolute Gasteiger partial charge is 0.255 e. The van der Waals surface area contributed by atoms with Gasteiger partial charge in [-0.15, -0.1) is 0 Å². The number of hydrogen-bond donors (Lipinski definition) is 1. The Kier molecular flexibility index (Phi) is 7.08. The molecule has 0 bridgehead atoms. The predicted molar refractivity (Wildman–Crippen MR) is 177 cm³/mol. The number of carbonyl (C=O) groups excluding carboxylic acids is 1. The van der Waals surface area contributed by atoms with Gasteiger partial charge >= 0.3 is 0 Å². The van der Waals surface area contributed by atoms with Crippen molar-refractivity contribution in [3.63, 3.8) is 0 Å². The van der Waals surface area contributed by atoms with E-state index in [0.29, 0.717) is 39.1 Å². The maximum atomic E-state index is 15.4. The second kappa shape index (κ2) is 10.9. The SMILES string of the molecule is CNC(=O)c1c(-c2ccc(F)cc2)oc2cc(N3CC(C)(F)C=S3(C)=O)c(-c3ccc(OC)c(-c4nc5c(F)cccc5o4)c3)cc12. The number of alkyl halides is 1. The van der Waals surface area contributed by atoms with Crippen LogP contribution in [0, 0.1) is 11.6 Å². The minimum absolute atomic E-state index is 0.0551. The maximum absolute atomic E-state index is 15.4. The number of anilines is 1. The van der Waals surface area contributed by atoms with E-state index >= 15 is 4.39 Å². The summed E-state index contributed by atoms with van der Waals surface area (Å²) in [5, 5.41) is 4.26. The first-order chi connectivity index (χ1) is 22.4. The molecule has 0 radical (unpaired) electrons. The molecule has 1 aliphatic rings. The van der Waals surface area contributed by atoms with Gasteiger partial charge in [-0.05, 0) is 67.1 Å². The molecule has 47 heavy (non-hydrogen) atoms. The highest BCUT2D eigenvalue weighted by Crippen LogP contribution is 2.45. The number of ether oxygens (including phenoxy) is 1. The second-order valence-electron chi connectivity index (χ2n) is 11.6. The van der Waals surface area contributed by atoms with Crippen molar-refractivity contribution in [3.05, 3.63) is 90.0 Å². The van der Waals surface area contributed by atoms with Crippen LogP contribution in [0.5, 0.6) is 5.75 Å². The first-order valence-electron chi connectivity index (χ1n) is 14.5. The number of carbonyl (C=O) groups is 1. The molecule has 0 aliphatic carbocycles. The van der Waals surface area contributed by atoms with E-state index < -0.39 is 32.9 Å². The third-order valence-corrected chi connectivity index (χ3v) is 10.2. The van der Waals surface area contributed by atoms with Crippen molar-refractivity contribution in [2.24, 2.45) is 0 Å². The number of halogens is 3. The molecule has 4 aromatic carbocycles. The van der Waals surface area contributed by atoms with E-state index in [-0.39, 0.29) is 40.4 Å². The van der Waals surface area contributed by atoms with Crippen molar-refractivity contribution in [1.82, 2.24) is 10.3 Å². The molecule has 1 N–H and O–H groups in total. The Labute approximate surface area is 267 Å². The highest BCUT2D eigenvalue weighted by Gasteiger charge is 2.38. The standard InChI is InChI=1S/C35H28F3N3O5S/c1-35(38)17-41(47(4,43)18-35)26-16-29-23(30(33(42)39-2)32(45-29)19-8-11-21(36)12-9-19)15-22(26)20-10-13-27(44-3)24(14-20)34-40-31-25(37)6-5-7-28(31)46-34/h5-16,18H,17H2,1-4H3,(H,39,42). The van der Waals surface area contributed by atoms with Gasteiger partial charge in [0.05, 0.1) is 40.2 Å². The Bertz CT molecular complexity index is 2350. The molecule has 2 unspecified atom stereocenters. The lowest BCUT2D eigenvalue weighted by Crippen LogP contribution is -2.31. The van der Waals surface area contributed by atoms with Gasteiger partial charge in [0.25, 0.3) is 5.91 Å². The summed E-state index contributed by atoms with van der Waals surface area (Å²) >= 11 is 0. The molecule has 0 fully saturated rings. The summed E-state index contributed by atoms with van der Waals surface area (Å²) in [6.07, 6.45) is 1.46. The van der Waals surface area contributed by atoms with E-state index in [0.717, 1.165) is 0 Å². The summed E-state index contributed by atoms with van der Waals surface area (Å²) in [4.78, 5) is 17.7. The number of oxazole rings is 1. The van der Waals surface area contributed by atoms with Crippen molar-refractivity contribution in [1.29, 1.82) is 0 Å². The fourth-order valence-electron chi connectivity index (χ4n) is 6.04. The zero-order valence-electron chi connectivity index (χ0n) is 25.7. The molecule has 0 saturated heterocycles. The minimum Gasteiger partial charge on any atom is -0.496 e. The number of aromatic nitrogens is 1. The van der Waals surface area contributed by atoms with Crippen LogP contribution in [-0.4, -0.2) is 53.1 Å². The van der Waals surface area contributed by atoms with Crippen LogP contribution in [0.25, 0.3) is 56.0 Å². The van der Waals surface area contributed by atoms with Crippen LogP contribution >= 0.6 is 0 Å². The number of benzene rings is 4. The highest BCUT2D eigenvalue weighted by atomic mass is 32.2. The monoisotopic (exact) mass is 659 g/mol. The van der Waals surface area contributed by atoms with Gasteiger partial charge in [-0.3, -0.25) is 9.10 Å². The van der Waals surface area contributed by atoms with Crippen LogP contribution in [0.2, 0.25) is 0 Å². The van der Waals surface area contributed by atoms with Crippen LogP contribution < -0.4 is 14.4 Å². The summed E-state index contributed by atoms with van der Waals surface area (Å²) in [5.41, 5.74) is 1.19. The van der Waals surface area contributed by atoms with Crippen molar-refractivity contribution >= 4 is 48.7 Å². The molecule has 7 rings (SSSR count). The van der Waals surface area contributed by atoms with Crippen LogP contribution in [0.15, 0.2) is 81.6 Å². The lowest BCUT2D eigenvalue weighted by Gasteiger charge is -2.26. The number of rotatable bonds is 6. The highest BCUT2D eigenvalue weighted by molar-refractivity contribution is 8.02. The van der Waals surface area contributed by atoms with Gasteiger partial charge in [-0.25, -0.2) is 22.4 Å². The molecule has 0 spiro atoms. The average Bonchev–Trinajstić information content (AvgIpc) is 3.71. The van der Waals surface area contributed by atoms with Gasteiger partial charge in [-0.1, -0.05) is 12.1 Å². The molecular weight excluding hydrogens is 631 g/mol. The fraction of sp³-hybridized carbons (Fsp3) is 0.171. The number of fused-ring (bicyclic) bond motifs is 2. The average molecular weight is 660 g/mol. The molecule has 0 saturated carbocycles. The Balaban J connectivity index is 1.51. The van der Waals surface area contributed by atoms with Gasteiger partial charge < -0.3 is 18.9 Å². The summed E-state index contributed by atoms with van der Waals surface area (Å²) < 4.78 is 76.9. The molecular formula is C35H28F3N3O5S. The molecule has 240 valence electrons. The number of methoxy groups -OCH3 is 1. The van der Waals surface area contributed by atoms with Crippen molar-refractivity contribution < 1.29 is 35.7 Å². The van der Waals surface area contributed by atoms with E-state index in [1.807, 2.05) is 0 Å². The predicted octanol–water partition coefficient (Wildman–Crippen LogP) is 7.40. The van der Waals surface area contributed by atoms with E-state index in [1.165, 1.54) is 73.4 Å². The molecule has 6 aromatic rings. The van der Waals surface area contributed by atoms with Crippen LogP contribution in [-0.2, 0) is 9.71 Å². The normalized spacial score (nSPS) is 19.3. The lowest BCUT2D eigenvalue weighted by molar-refractivity contribution is 0.0964. The van der Waals surface area contributed by atoms with E-state index in [4.69, 9.17) is 13.6 Å². The van der Waals surface area contributed by atoms with Gasteiger partial charge in [0.15, 0.2) is 17.1 Å². The molecule has 8 nitrogen and oxygen atoms in total. The zero-order chi connectivity index (χ0) is 33.2. The largest absolute Gasteiger partial charge is 0.496 e. The number of nitrogens with one attached hydrogen (secondary N) is 1. The zero-order valence-corrected chi connectivity index (χ0v) is 26.5. The second-order valence-corrected chi connectivity index (χ2v) is 14.0. The van der Waals surface area contributed by atoms with Gasteiger partial charge in [0.2, 0.25) is 5.89 Å². The fourth-order valence-corrected chi connectivity index (χ4v) is 8.21. The lowest BCUT2D eigenvalue weighted by atomic mass is 9.96. The third-order valence-electron chi connectivity index (χ3n) is 8.10. The van der Waals surface area contributed by atoms with Crippen LogP contribution in [0.3, 0.4) is 0 Å². The minimum atomic E-state index is -3.00. The quantitative estimate of drug-likeness (QED) is 0.187. The molecule has 3 heterocycles. The molecule has 2 atom stereocenters. The van der Waals surface area contributed by atoms with Gasteiger partial charge in [0, 0.05) is 41.3 Å². The van der Waals surface area contributed by atoms with E-state index in [1.54, 1.807) is 36.4 Å².